The molecular formula is C18H20F2N2O3. The molecule has 5 nitrogen and oxygen atoms in total. The number of rotatable bonds is 2. The third-order valence-corrected chi connectivity index (χ3v) is 3.99. The van der Waals surface area contributed by atoms with Crippen molar-refractivity contribution >= 4 is 22.6 Å². The lowest BCUT2D eigenvalue weighted by Gasteiger charge is -2.21. The number of aliphatic hydroxyl groups is 1. The summed E-state index contributed by atoms with van der Waals surface area (Å²) in [6.45, 7) is 4.58. The van der Waals surface area contributed by atoms with Crippen LogP contribution in [0, 0.1) is 0 Å². The lowest BCUT2D eigenvalue weighted by atomic mass is 10.1. The van der Waals surface area contributed by atoms with Gasteiger partial charge in [-0.15, -0.1) is 0 Å². The summed E-state index contributed by atoms with van der Waals surface area (Å²) < 4.78 is 32.6. The second kappa shape index (κ2) is 5.91. The monoisotopic (exact) mass is 350 g/mol. The van der Waals surface area contributed by atoms with Gasteiger partial charge < -0.3 is 14.7 Å². The molecule has 0 bridgehead atoms. The van der Waals surface area contributed by atoms with E-state index in [0.717, 1.165) is 0 Å². The van der Waals surface area contributed by atoms with E-state index in [1.165, 1.54) is 11.1 Å². The molecule has 1 aromatic carbocycles. The average molecular weight is 350 g/mol. The van der Waals surface area contributed by atoms with Gasteiger partial charge >= 0.3 is 5.97 Å². The van der Waals surface area contributed by atoms with Crippen molar-refractivity contribution in [1.82, 2.24) is 4.98 Å². The average Bonchev–Trinajstić information content (AvgIpc) is 2.78. The van der Waals surface area contributed by atoms with E-state index in [-0.39, 0.29) is 6.54 Å². The van der Waals surface area contributed by atoms with Gasteiger partial charge in [0.15, 0.2) is 0 Å². The number of hydrogen-bond acceptors (Lipinski definition) is 5. The number of benzene rings is 1. The van der Waals surface area contributed by atoms with E-state index < -0.39 is 30.1 Å². The molecule has 0 radical (unpaired) electrons. The third-order valence-electron chi connectivity index (χ3n) is 3.99. The number of ether oxygens (including phenoxy) is 1. The van der Waals surface area contributed by atoms with Gasteiger partial charge in [-0.05, 0) is 45.0 Å². The number of aliphatic hydroxyl groups excluding tert-OH is 1. The number of alkyl halides is 2. The highest BCUT2D eigenvalue weighted by atomic mass is 19.3. The number of fused-ring (bicyclic) bond motifs is 1. The zero-order valence-corrected chi connectivity index (χ0v) is 14.3. The molecule has 0 spiro atoms. The quantitative estimate of drug-likeness (QED) is 0.844. The van der Waals surface area contributed by atoms with Crippen molar-refractivity contribution in [3.05, 3.63) is 36.0 Å². The van der Waals surface area contributed by atoms with Gasteiger partial charge in [0, 0.05) is 17.3 Å². The van der Waals surface area contributed by atoms with Gasteiger partial charge in [0.25, 0.3) is 5.92 Å². The first kappa shape index (κ1) is 17.5. The fourth-order valence-corrected chi connectivity index (χ4v) is 2.81. The molecule has 0 aliphatic carbocycles. The smallest absolute Gasteiger partial charge is 0.339 e. The maximum Gasteiger partial charge on any atom is 0.339 e. The Morgan fingerprint density at radius 1 is 1.36 bits per heavy atom. The molecule has 1 atom stereocenters. The van der Waals surface area contributed by atoms with Crippen LogP contribution in [0.3, 0.4) is 0 Å². The highest BCUT2D eigenvalue weighted by Gasteiger charge is 2.47. The maximum absolute atomic E-state index is 13.6. The Hall–Kier alpha value is -2.28. The number of halogens is 2. The van der Waals surface area contributed by atoms with Gasteiger partial charge in [-0.2, -0.15) is 0 Å². The van der Waals surface area contributed by atoms with Gasteiger partial charge in [-0.25, -0.2) is 13.6 Å². The molecular weight excluding hydrogens is 330 g/mol. The highest BCUT2D eigenvalue weighted by Crippen LogP contribution is 2.33. The van der Waals surface area contributed by atoms with Crippen LogP contribution in [0.25, 0.3) is 10.9 Å². The zero-order valence-electron chi connectivity index (χ0n) is 14.3. The van der Waals surface area contributed by atoms with Crippen LogP contribution in [0.15, 0.2) is 30.5 Å². The van der Waals surface area contributed by atoms with Crippen LogP contribution in [-0.2, 0) is 4.74 Å². The summed E-state index contributed by atoms with van der Waals surface area (Å²) in [5.74, 6) is -3.65. The van der Waals surface area contributed by atoms with E-state index in [9.17, 15) is 18.7 Å². The molecule has 0 amide bonds. The summed E-state index contributed by atoms with van der Waals surface area (Å²) in [5.41, 5.74) is 0.749. The fourth-order valence-electron chi connectivity index (χ4n) is 2.81. The normalized spacial score (nSPS) is 20.1. The number of pyridine rings is 1. The molecule has 134 valence electrons. The third kappa shape index (κ3) is 3.56. The Kier molecular flexibility index (Phi) is 4.15. The Balaban J connectivity index is 1.99. The standard InChI is InChI=1S/C18H20F2N2O3/c1-17(2,3)25-16(24)12-6-7-21-14-5-4-11(8-13(12)14)22-9-15(23)18(19,20)10-22/h4-8,15,23H,9-10H2,1-3H3/t15-/m0/s1. The van der Waals surface area contributed by atoms with E-state index in [4.69, 9.17) is 4.74 Å². The first-order chi connectivity index (χ1) is 11.6. The molecule has 25 heavy (non-hydrogen) atoms. The molecule has 2 aromatic rings. The lowest BCUT2D eigenvalue weighted by Crippen LogP contribution is -2.31. The van der Waals surface area contributed by atoms with Gasteiger partial charge in [0.1, 0.15) is 11.7 Å². The van der Waals surface area contributed by atoms with Crippen LogP contribution in [0.5, 0.6) is 0 Å². The van der Waals surface area contributed by atoms with Crippen LogP contribution in [-0.4, -0.2) is 46.8 Å². The molecule has 1 N–H and O–H groups in total. The number of carbonyl (C=O) groups is 1. The summed E-state index contributed by atoms with van der Waals surface area (Å²) in [6, 6.07) is 6.51. The van der Waals surface area contributed by atoms with Crippen LogP contribution in [0.4, 0.5) is 14.5 Å². The minimum atomic E-state index is -3.15. The minimum Gasteiger partial charge on any atom is -0.456 e. The largest absolute Gasteiger partial charge is 0.456 e. The number of esters is 1. The summed E-state index contributed by atoms with van der Waals surface area (Å²) in [4.78, 5) is 18.0. The topological polar surface area (TPSA) is 62.7 Å². The molecule has 0 saturated carbocycles. The molecule has 1 aliphatic heterocycles. The summed E-state index contributed by atoms with van der Waals surface area (Å²) in [7, 11) is 0. The molecule has 2 heterocycles. The predicted octanol–water partition coefficient (Wildman–Crippen LogP) is 3.01. The molecule has 0 unspecified atom stereocenters. The molecule has 1 saturated heterocycles. The van der Waals surface area contributed by atoms with E-state index in [2.05, 4.69) is 4.98 Å². The van der Waals surface area contributed by atoms with Crippen LogP contribution < -0.4 is 4.90 Å². The fraction of sp³-hybridized carbons (Fsp3) is 0.444. The van der Waals surface area contributed by atoms with Crippen molar-refractivity contribution in [2.24, 2.45) is 0 Å². The molecule has 1 aliphatic rings. The van der Waals surface area contributed by atoms with Crippen molar-refractivity contribution in [1.29, 1.82) is 0 Å². The van der Waals surface area contributed by atoms with E-state index in [1.54, 1.807) is 45.0 Å². The number of anilines is 1. The summed E-state index contributed by atoms with van der Waals surface area (Å²) >= 11 is 0. The van der Waals surface area contributed by atoms with Crippen molar-refractivity contribution in [3.63, 3.8) is 0 Å². The van der Waals surface area contributed by atoms with Crippen molar-refractivity contribution < 1.29 is 23.4 Å². The second-order valence-corrected chi connectivity index (χ2v) is 7.22. The summed E-state index contributed by atoms with van der Waals surface area (Å²) in [5, 5.41) is 10.0. The van der Waals surface area contributed by atoms with Crippen molar-refractivity contribution in [2.75, 3.05) is 18.0 Å². The summed E-state index contributed by atoms with van der Waals surface area (Å²) in [6.07, 6.45) is -0.197. The van der Waals surface area contributed by atoms with E-state index in [1.807, 2.05) is 0 Å². The molecule has 1 aromatic heterocycles. The number of carbonyl (C=O) groups excluding carboxylic acids is 1. The Morgan fingerprint density at radius 3 is 2.68 bits per heavy atom. The van der Waals surface area contributed by atoms with Crippen molar-refractivity contribution in [3.8, 4) is 0 Å². The minimum absolute atomic E-state index is 0.166. The SMILES string of the molecule is CC(C)(C)OC(=O)c1ccnc2ccc(N3C[C@H](O)C(F)(F)C3)cc12. The maximum atomic E-state index is 13.6. The van der Waals surface area contributed by atoms with Gasteiger partial charge in [-0.1, -0.05) is 0 Å². The molecule has 1 fully saturated rings. The van der Waals surface area contributed by atoms with Crippen LogP contribution in [0.1, 0.15) is 31.1 Å². The molecule has 7 heteroatoms. The van der Waals surface area contributed by atoms with E-state index >= 15 is 0 Å². The highest BCUT2D eigenvalue weighted by molar-refractivity contribution is 6.04. The van der Waals surface area contributed by atoms with Crippen LogP contribution >= 0.6 is 0 Å². The Morgan fingerprint density at radius 2 is 2.08 bits per heavy atom. The van der Waals surface area contributed by atoms with Gasteiger partial charge in [0.05, 0.1) is 24.2 Å². The van der Waals surface area contributed by atoms with Crippen molar-refractivity contribution in [2.45, 2.75) is 38.4 Å². The number of nitrogens with zero attached hydrogens (tertiary/aromatic N) is 2. The number of hydrogen-bond donors (Lipinski definition) is 1. The first-order valence-electron chi connectivity index (χ1n) is 8.00. The van der Waals surface area contributed by atoms with E-state index in [0.29, 0.717) is 22.2 Å². The predicted molar refractivity (Wildman–Crippen MR) is 90.1 cm³/mol. The Labute approximate surface area is 144 Å². The van der Waals surface area contributed by atoms with Gasteiger partial charge in [0.2, 0.25) is 0 Å². The number of β-amino-alcohol motifs (C(OH)–C–C–N with tert-alkyl or cyclic N) is 1. The van der Waals surface area contributed by atoms with Gasteiger partial charge in [-0.3, -0.25) is 4.98 Å². The first-order valence-corrected chi connectivity index (χ1v) is 8.00. The lowest BCUT2D eigenvalue weighted by molar-refractivity contribution is -0.0712. The van der Waals surface area contributed by atoms with Crippen LogP contribution in [0.2, 0.25) is 0 Å². The zero-order chi connectivity index (χ0) is 18.4. The molecule has 3 rings (SSSR count). The Bertz CT molecular complexity index is 818. The number of aromatic nitrogens is 1. The second-order valence-electron chi connectivity index (χ2n) is 7.22.